The predicted molar refractivity (Wildman–Crippen MR) is 85.8 cm³/mol. The number of ether oxygens (including phenoxy) is 1. The van der Waals surface area contributed by atoms with Gasteiger partial charge < -0.3 is 10.1 Å². The fourth-order valence-electron chi connectivity index (χ4n) is 3.29. The molecule has 0 spiro atoms. The van der Waals surface area contributed by atoms with Gasteiger partial charge in [-0.15, -0.1) is 0 Å². The molecule has 0 bridgehead atoms. The van der Waals surface area contributed by atoms with Gasteiger partial charge in [0.25, 0.3) is 0 Å². The third-order valence-electron chi connectivity index (χ3n) is 4.41. The molecule has 1 unspecified atom stereocenters. The number of hydrogen-bond donors (Lipinski definition) is 1. The van der Waals surface area contributed by atoms with Crippen molar-refractivity contribution in [1.82, 2.24) is 5.32 Å². The summed E-state index contributed by atoms with van der Waals surface area (Å²) in [5.74, 6) is 0. The highest BCUT2D eigenvalue weighted by Crippen LogP contribution is 2.38. The summed E-state index contributed by atoms with van der Waals surface area (Å²) in [6, 6.07) is 5.94. The van der Waals surface area contributed by atoms with Crippen LogP contribution in [0.15, 0.2) is 18.2 Å². The lowest BCUT2D eigenvalue weighted by molar-refractivity contribution is -0.0351. The number of rotatable bonds is 6. The molecule has 0 amide bonds. The first-order valence-electron chi connectivity index (χ1n) is 7.34. The van der Waals surface area contributed by atoms with Crippen molar-refractivity contribution in [2.24, 2.45) is 0 Å². The third-order valence-corrected chi connectivity index (χ3v) is 5.12. The molecule has 0 aliphatic heterocycles. The number of likely N-dealkylation sites (N-methyl/N-ethyl adjacent to an activating group) is 1. The summed E-state index contributed by atoms with van der Waals surface area (Å²) in [7, 11) is 1.82. The van der Waals surface area contributed by atoms with Crippen molar-refractivity contribution >= 4 is 23.2 Å². The van der Waals surface area contributed by atoms with Gasteiger partial charge in [0.1, 0.15) is 0 Å². The maximum absolute atomic E-state index is 6.32. The molecule has 0 radical (unpaired) electrons. The molecule has 1 aliphatic carbocycles. The highest BCUT2D eigenvalue weighted by Gasteiger charge is 2.41. The Bertz CT molecular complexity index is 424. The summed E-state index contributed by atoms with van der Waals surface area (Å²) in [6.45, 7) is 3.04. The minimum absolute atomic E-state index is 0.0848. The SMILES string of the molecule is CCNC(Cc1c(Cl)cccc1Cl)C1(OC)CCCC1. The Morgan fingerprint density at radius 1 is 1.25 bits per heavy atom. The molecule has 1 fully saturated rings. The topological polar surface area (TPSA) is 21.3 Å². The Kier molecular flexibility index (Phi) is 5.74. The van der Waals surface area contributed by atoms with Crippen molar-refractivity contribution in [1.29, 1.82) is 0 Å². The van der Waals surface area contributed by atoms with E-state index in [2.05, 4.69) is 12.2 Å². The van der Waals surface area contributed by atoms with Crippen LogP contribution in [-0.4, -0.2) is 25.3 Å². The van der Waals surface area contributed by atoms with Gasteiger partial charge in [-0.25, -0.2) is 0 Å². The lowest BCUT2D eigenvalue weighted by atomic mass is 9.87. The Morgan fingerprint density at radius 2 is 1.85 bits per heavy atom. The van der Waals surface area contributed by atoms with Crippen LogP contribution >= 0.6 is 23.2 Å². The monoisotopic (exact) mass is 315 g/mol. The fourth-order valence-corrected chi connectivity index (χ4v) is 3.84. The van der Waals surface area contributed by atoms with Crippen LogP contribution in [0, 0.1) is 0 Å². The van der Waals surface area contributed by atoms with Crippen molar-refractivity contribution in [3.8, 4) is 0 Å². The number of nitrogens with one attached hydrogen (secondary N) is 1. The van der Waals surface area contributed by atoms with Crippen molar-refractivity contribution in [3.05, 3.63) is 33.8 Å². The molecule has 1 aliphatic rings. The first-order chi connectivity index (χ1) is 9.63. The number of hydrogen-bond acceptors (Lipinski definition) is 2. The lowest BCUT2D eigenvalue weighted by Gasteiger charge is -2.37. The fraction of sp³-hybridized carbons (Fsp3) is 0.625. The first kappa shape index (κ1) is 16.1. The van der Waals surface area contributed by atoms with Crippen LogP contribution in [0.4, 0.5) is 0 Å². The molecule has 1 aromatic rings. The highest BCUT2D eigenvalue weighted by molar-refractivity contribution is 6.36. The minimum Gasteiger partial charge on any atom is -0.377 e. The standard InChI is InChI=1S/C16H23Cl2NO/c1-3-19-15(16(20-2)9-4-5-10-16)11-12-13(17)7-6-8-14(12)18/h6-8,15,19H,3-5,9-11H2,1-2H3. The molecule has 0 heterocycles. The van der Waals surface area contributed by atoms with E-state index in [1.54, 1.807) is 0 Å². The zero-order chi connectivity index (χ0) is 14.6. The van der Waals surface area contributed by atoms with E-state index in [1.165, 1.54) is 12.8 Å². The van der Waals surface area contributed by atoms with Gasteiger partial charge in [0.05, 0.1) is 5.60 Å². The maximum Gasteiger partial charge on any atom is 0.0834 e. The van der Waals surface area contributed by atoms with Crippen molar-refractivity contribution in [3.63, 3.8) is 0 Å². The summed E-state index contributed by atoms with van der Waals surface area (Å²) in [5, 5.41) is 5.06. The summed E-state index contributed by atoms with van der Waals surface area (Å²) < 4.78 is 5.92. The molecular formula is C16H23Cl2NO. The van der Waals surface area contributed by atoms with Gasteiger partial charge in [0, 0.05) is 23.2 Å². The molecule has 4 heteroatoms. The zero-order valence-electron chi connectivity index (χ0n) is 12.2. The molecular weight excluding hydrogens is 293 g/mol. The van der Waals surface area contributed by atoms with E-state index in [0.717, 1.165) is 41.4 Å². The van der Waals surface area contributed by atoms with E-state index >= 15 is 0 Å². The van der Waals surface area contributed by atoms with Gasteiger partial charge >= 0.3 is 0 Å². The van der Waals surface area contributed by atoms with Gasteiger partial charge in [0.2, 0.25) is 0 Å². The van der Waals surface area contributed by atoms with Crippen LogP contribution in [0.25, 0.3) is 0 Å². The third kappa shape index (κ3) is 3.30. The molecule has 0 aromatic heterocycles. The van der Waals surface area contributed by atoms with E-state index in [4.69, 9.17) is 27.9 Å². The van der Waals surface area contributed by atoms with Crippen LogP contribution in [0.5, 0.6) is 0 Å². The second kappa shape index (κ2) is 7.13. The second-order valence-corrected chi connectivity index (χ2v) is 6.31. The zero-order valence-corrected chi connectivity index (χ0v) is 13.7. The largest absolute Gasteiger partial charge is 0.377 e. The molecule has 20 heavy (non-hydrogen) atoms. The molecule has 1 saturated carbocycles. The Morgan fingerprint density at radius 3 is 2.35 bits per heavy atom. The van der Waals surface area contributed by atoms with Crippen LogP contribution < -0.4 is 5.32 Å². The molecule has 2 rings (SSSR count). The Hall–Kier alpha value is -0.280. The van der Waals surface area contributed by atoms with Gasteiger partial charge in [0.15, 0.2) is 0 Å². The molecule has 1 atom stereocenters. The predicted octanol–water partition coefficient (Wildman–Crippen LogP) is 4.47. The van der Waals surface area contributed by atoms with E-state index in [0.29, 0.717) is 0 Å². The van der Waals surface area contributed by atoms with E-state index < -0.39 is 0 Å². The van der Waals surface area contributed by atoms with Crippen LogP contribution in [-0.2, 0) is 11.2 Å². The Labute approximate surface area is 131 Å². The molecule has 112 valence electrons. The number of methoxy groups -OCH3 is 1. The van der Waals surface area contributed by atoms with Crippen molar-refractivity contribution in [2.75, 3.05) is 13.7 Å². The van der Waals surface area contributed by atoms with Crippen LogP contribution in [0.1, 0.15) is 38.2 Å². The van der Waals surface area contributed by atoms with Gasteiger partial charge in [-0.05, 0) is 43.5 Å². The lowest BCUT2D eigenvalue weighted by Crippen LogP contribution is -2.51. The van der Waals surface area contributed by atoms with Gasteiger partial charge in [-0.3, -0.25) is 0 Å². The van der Waals surface area contributed by atoms with Crippen LogP contribution in [0.2, 0.25) is 10.0 Å². The quantitative estimate of drug-likeness (QED) is 0.836. The number of benzene rings is 1. The molecule has 1 aromatic carbocycles. The highest BCUT2D eigenvalue weighted by atomic mass is 35.5. The summed E-state index contributed by atoms with van der Waals surface area (Å²) >= 11 is 12.6. The van der Waals surface area contributed by atoms with Gasteiger partial charge in [-0.1, -0.05) is 49.0 Å². The normalized spacial score (nSPS) is 19.2. The van der Waals surface area contributed by atoms with Gasteiger partial charge in [-0.2, -0.15) is 0 Å². The summed E-state index contributed by atoms with van der Waals surface area (Å²) in [6.07, 6.45) is 5.46. The maximum atomic E-state index is 6.32. The summed E-state index contributed by atoms with van der Waals surface area (Å²) in [4.78, 5) is 0. The van der Waals surface area contributed by atoms with E-state index in [1.807, 2.05) is 25.3 Å². The van der Waals surface area contributed by atoms with E-state index in [-0.39, 0.29) is 11.6 Å². The average Bonchev–Trinajstić information content (AvgIpc) is 2.92. The Balaban J connectivity index is 2.25. The average molecular weight is 316 g/mol. The van der Waals surface area contributed by atoms with Crippen molar-refractivity contribution in [2.45, 2.75) is 50.7 Å². The molecule has 1 N–H and O–H groups in total. The molecule has 0 saturated heterocycles. The number of halogens is 2. The van der Waals surface area contributed by atoms with Crippen LogP contribution in [0.3, 0.4) is 0 Å². The van der Waals surface area contributed by atoms with Crippen molar-refractivity contribution < 1.29 is 4.74 Å². The smallest absolute Gasteiger partial charge is 0.0834 e. The summed E-state index contributed by atoms with van der Waals surface area (Å²) in [5.41, 5.74) is 0.934. The minimum atomic E-state index is -0.0848. The van der Waals surface area contributed by atoms with E-state index in [9.17, 15) is 0 Å². The molecule has 2 nitrogen and oxygen atoms in total. The second-order valence-electron chi connectivity index (χ2n) is 5.49. The first-order valence-corrected chi connectivity index (χ1v) is 8.10.